The molecule has 50 valence electrons. The standard InChI is InChI=1S/C4H9NO.CH4O/c6-4-1-2-5-3-4;1-2/h4-6H,1-3H2;2H,1H3/t4-;/m0./s1. The summed E-state index contributed by atoms with van der Waals surface area (Å²) in [6, 6.07) is 0. The molecule has 8 heavy (non-hydrogen) atoms. The maximum Gasteiger partial charge on any atom is 0.0676 e. The molecule has 0 amide bonds. The molecule has 0 radical (unpaired) electrons. The largest absolute Gasteiger partial charge is 0.400 e. The van der Waals surface area contributed by atoms with Gasteiger partial charge in [-0.15, -0.1) is 0 Å². The number of aliphatic hydroxyl groups is 2. The third kappa shape index (κ3) is 2.96. The van der Waals surface area contributed by atoms with Crippen LogP contribution >= 0.6 is 0 Å². The first-order valence-corrected chi connectivity index (χ1v) is 2.73. The molecule has 1 atom stereocenters. The van der Waals surface area contributed by atoms with Gasteiger partial charge in [0, 0.05) is 13.7 Å². The van der Waals surface area contributed by atoms with E-state index >= 15 is 0 Å². The first kappa shape index (κ1) is 7.88. The summed E-state index contributed by atoms with van der Waals surface area (Å²) >= 11 is 0. The van der Waals surface area contributed by atoms with Gasteiger partial charge in [-0.3, -0.25) is 0 Å². The molecule has 1 rings (SSSR count). The molecule has 3 heteroatoms. The highest BCUT2D eigenvalue weighted by Crippen LogP contribution is 1.93. The van der Waals surface area contributed by atoms with Gasteiger partial charge in [0.15, 0.2) is 0 Å². The Morgan fingerprint density at radius 3 is 2.25 bits per heavy atom. The normalized spacial score (nSPS) is 26.6. The molecule has 0 saturated carbocycles. The van der Waals surface area contributed by atoms with Crippen LogP contribution in [0.15, 0.2) is 0 Å². The second kappa shape index (κ2) is 5.03. The fraction of sp³-hybridized carbons (Fsp3) is 1.00. The lowest BCUT2D eigenvalue weighted by atomic mass is 10.3. The molecule has 0 aromatic heterocycles. The summed E-state index contributed by atoms with van der Waals surface area (Å²) in [6.45, 7) is 1.78. The monoisotopic (exact) mass is 119 g/mol. The van der Waals surface area contributed by atoms with Crippen LogP contribution < -0.4 is 5.32 Å². The van der Waals surface area contributed by atoms with Crippen molar-refractivity contribution in [3.63, 3.8) is 0 Å². The van der Waals surface area contributed by atoms with Crippen molar-refractivity contribution in [1.29, 1.82) is 0 Å². The van der Waals surface area contributed by atoms with Crippen molar-refractivity contribution in [3.05, 3.63) is 0 Å². The van der Waals surface area contributed by atoms with Gasteiger partial charge in [-0.25, -0.2) is 0 Å². The fourth-order valence-electron chi connectivity index (χ4n) is 0.639. The van der Waals surface area contributed by atoms with Gasteiger partial charge in [-0.2, -0.15) is 0 Å². The van der Waals surface area contributed by atoms with Gasteiger partial charge in [0.25, 0.3) is 0 Å². The van der Waals surface area contributed by atoms with Gasteiger partial charge < -0.3 is 15.5 Å². The van der Waals surface area contributed by atoms with E-state index in [0.717, 1.165) is 26.6 Å². The number of rotatable bonds is 0. The Hall–Kier alpha value is -0.120. The van der Waals surface area contributed by atoms with Gasteiger partial charge in [-0.1, -0.05) is 0 Å². The Labute approximate surface area is 49.3 Å². The van der Waals surface area contributed by atoms with Crippen molar-refractivity contribution in [3.8, 4) is 0 Å². The minimum Gasteiger partial charge on any atom is -0.400 e. The minimum absolute atomic E-state index is 0.0648. The third-order valence-electron chi connectivity index (χ3n) is 1.03. The van der Waals surface area contributed by atoms with E-state index in [1.54, 1.807) is 0 Å². The molecule has 0 aromatic carbocycles. The van der Waals surface area contributed by atoms with Crippen LogP contribution in [-0.4, -0.2) is 36.5 Å². The predicted octanol–water partition coefficient (Wildman–Crippen LogP) is -1.05. The van der Waals surface area contributed by atoms with Crippen molar-refractivity contribution >= 4 is 0 Å². The van der Waals surface area contributed by atoms with Crippen LogP contribution in [0.3, 0.4) is 0 Å². The molecule has 1 heterocycles. The quantitative estimate of drug-likeness (QED) is 0.381. The summed E-state index contributed by atoms with van der Waals surface area (Å²) in [5, 5.41) is 18.7. The Morgan fingerprint density at radius 1 is 1.50 bits per heavy atom. The zero-order valence-electron chi connectivity index (χ0n) is 5.09. The topological polar surface area (TPSA) is 52.5 Å². The number of β-amino-alcohol motifs (C(OH)–C–C–N with tert-alkyl or cyclic N) is 1. The van der Waals surface area contributed by atoms with Crippen molar-refractivity contribution < 1.29 is 10.2 Å². The van der Waals surface area contributed by atoms with Crippen molar-refractivity contribution in [1.82, 2.24) is 5.32 Å². The number of hydrogen-bond donors (Lipinski definition) is 3. The number of hydrogen-bond acceptors (Lipinski definition) is 3. The highest BCUT2D eigenvalue weighted by molar-refractivity contribution is 4.67. The van der Waals surface area contributed by atoms with E-state index < -0.39 is 0 Å². The summed E-state index contributed by atoms with van der Waals surface area (Å²) in [6.07, 6.45) is 0.866. The van der Waals surface area contributed by atoms with Crippen LogP contribution in [0.4, 0.5) is 0 Å². The first-order valence-electron chi connectivity index (χ1n) is 2.73. The van der Waals surface area contributed by atoms with Gasteiger partial charge in [0.2, 0.25) is 0 Å². The second-order valence-corrected chi connectivity index (χ2v) is 1.65. The van der Waals surface area contributed by atoms with Crippen molar-refractivity contribution in [2.75, 3.05) is 20.2 Å². The molecule has 0 aliphatic carbocycles. The summed E-state index contributed by atoms with van der Waals surface area (Å²) in [5.41, 5.74) is 0. The zero-order chi connectivity index (χ0) is 6.41. The predicted molar refractivity (Wildman–Crippen MR) is 31.6 cm³/mol. The lowest BCUT2D eigenvalue weighted by Crippen LogP contribution is -2.11. The molecule has 0 bridgehead atoms. The number of nitrogens with one attached hydrogen (secondary N) is 1. The molecule has 3 nitrogen and oxygen atoms in total. The van der Waals surface area contributed by atoms with E-state index in [1.807, 2.05) is 0 Å². The molecule has 1 aliphatic heterocycles. The lowest BCUT2D eigenvalue weighted by Gasteiger charge is -1.90. The van der Waals surface area contributed by atoms with E-state index in [1.165, 1.54) is 0 Å². The highest BCUT2D eigenvalue weighted by Gasteiger charge is 2.08. The molecule has 3 N–H and O–H groups in total. The molecule has 0 spiro atoms. The molecule has 1 saturated heterocycles. The summed E-state index contributed by atoms with van der Waals surface area (Å²) < 4.78 is 0. The molecule has 1 fully saturated rings. The molecular formula is C5H13NO2. The van der Waals surface area contributed by atoms with Crippen LogP contribution in [0, 0.1) is 0 Å². The lowest BCUT2D eigenvalue weighted by molar-refractivity contribution is 0.196. The molecule has 0 unspecified atom stereocenters. The Balaban J connectivity index is 0.000000222. The minimum atomic E-state index is -0.0648. The van der Waals surface area contributed by atoms with Crippen LogP contribution in [0.2, 0.25) is 0 Å². The fourth-order valence-corrected chi connectivity index (χ4v) is 0.639. The number of aliphatic hydroxyl groups excluding tert-OH is 2. The molecule has 1 aliphatic rings. The van der Waals surface area contributed by atoms with Crippen LogP contribution in [0.1, 0.15) is 6.42 Å². The molecular weight excluding hydrogens is 106 g/mol. The summed E-state index contributed by atoms with van der Waals surface area (Å²) in [7, 11) is 1.00. The highest BCUT2D eigenvalue weighted by atomic mass is 16.3. The Bertz CT molecular complexity index is 43.7. The van der Waals surface area contributed by atoms with E-state index in [-0.39, 0.29) is 6.10 Å². The smallest absolute Gasteiger partial charge is 0.0676 e. The van der Waals surface area contributed by atoms with E-state index in [2.05, 4.69) is 5.32 Å². The second-order valence-electron chi connectivity index (χ2n) is 1.65. The maximum atomic E-state index is 8.67. The summed E-state index contributed by atoms with van der Waals surface area (Å²) in [4.78, 5) is 0. The van der Waals surface area contributed by atoms with Gasteiger partial charge in [0.05, 0.1) is 6.10 Å². The Morgan fingerprint density at radius 2 is 2.12 bits per heavy atom. The SMILES string of the molecule is CO.O[C@H]1CCNC1. The van der Waals surface area contributed by atoms with Crippen LogP contribution in [0.25, 0.3) is 0 Å². The third-order valence-corrected chi connectivity index (χ3v) is 1.03. The van der Waals surface area contributed by atoms with Crippen LogP contribution in [0.5, 0.6) is 0 Å². The van der Waals surface area contributed by atoms with E-state index in [0.29, 0.717) is 0 Å². The van der Waals surface area contributed by atoms with E-state index in [4.69, 9.17) is 10.2 Å². The van der Waals surface area contributed by atoms with Gasteiger partial charge in [0.1, 0.15) is 0 Å². The van der Waals surface area contributed by atoms with Crippen molar-refractivity contribution in [2.24, 2.45) is 0 Å². The average molecular weight is 119 g/mol. The Kier molecular flexibility index (Phi) is 4.95. The van der Waals surface area contributed by atoms with Gasteiger partial charge in [-0.05, 0) is 13.0 Å². The maximum absolute atomic E-state index is 8.67. The zero-order valence-corrected chi connectivity index (χ0v) is 5.09. The van der Waals surface area contributed by atoms with E-state index in [9.17, 15) is 0 Å². The van der Waals surface area contributed by atoms with Crippen LogP contribution in [-0.2, 0) is 0 Å². The molecule has 0 aromatic rings. The van der Waals surface area contributed by atoms with Gasteiger partial charge >= 0.3 is 0 Å². The average Bonchev–Trinajstić information content (AvgIpc) is 2.24. The first-order chi connectivity index (χ1) is 3.89. The van der Waals surface area contributed by atoms with Crippen molar-refractivity contribution in [2.45, 2.75) is 12.5 Å². The summed E-state index contributed by atoms with van der Waals surface area (Å²) in [5.74, 6) is 0.